The molecule has 5 nitrogen and oxygen atoms in total. The first-order valence-corrected chi connectivity index (χ1v) is 9.74. The number of alkyl halides is 3. The van der Waals surface area contributed by atoms with Gasteiger partial charge in [-0.3, -0.25) is 14.5 Å². The second kappa shape index (κ2) is 8.51. The van der Waals surface area contributed by atoms with Gasteiger partial charge < -0.3 is 9.80 Å². The molecule has 2 heterocycles. The van der Waals surface area contributed by atoms with Crippen LogP contribution < -0.4 is 0 Å². The van der Waals surface area contributed by atoms with E-state index in [0.29, 0.717) is 32.7 Å². The van der Waals surface area contributed by atoms with Gasteiger partial charge in [0.1, 0.15) is 0 Å². The lowest BCUT2D eigenvalue weighted by molar-refractivity contribution is -0.137. The van der Waals surface area contributed by atoms with Crippen LogP contribution >= 0.6 is 0 Å². The number of rotatable bonds is 3. The molecule has 0 bridgehead atoms. The van der Waals surface area contributed by atoms with Gasteiger partial charge in [0.25, 0.3) is 5.91 Å². The van der Waals surface area contributed by atoms with E-state index in [2.05, 4.69) is 6.92 Å². The molecule has 1 aromatic carbocycles. The van der Waals surface area contributed by atoms with Crippen molar-refractivity contribution in [3.8, 4) is 0 Å². The summed E-state index contributed by atoms with van der Waals surface area (Å²) in [7, 11) is 0. The quantitative estimate of drug-likeness (QED) is 0.788. The molecule has 1 atom stereocenters. The van der Waals surface area contributed by atoms with Gasteiger partial charge in [-0.2, -0.15) is 13.2 Å². The number of piperidine rings is 1. The molecule has 2 amide bonds. The van der Waals surface area contributed by atoms with Crippen molar-refractivity contribution in [2.45, 2.75) is 38.4 Å². The van der Waals surface area contributed by atoms with Crippen LogP contribution in [0.1, 0.15) is 42.1 Å². The molecule has 28 heavy (non-hydrogen) atoms. The Labute approximate surface area is 163 Å². The molecule has 1 aromatic rings. The monoisotopic (exact) mass is 397 g/mol. The average Bonchev–Trinajstić information content (AvgIpc) is 2.68. The van der Waals surface area contributed by atoms with E-state index in [1.165, 1.54) is 12.1 Å². The number of carbonyl (C=O) groups is 2. The van der Waals surface area contributed by atoms with Crippen LogP contribution in [0.15, 0.2) is 24.3 Å². The van der Waals surface area contributed by atoms with Crippen molar-refractivity contribution in [1.29, 1.82) is 0 Å². The van der Waals surface area contributed by atoms with Crippen molar-refractivity contribution in [3.63, 3.8) is 0 Å². The summed E-state index contributed by atoms with van der Waals surface area (Å²) in [6, 6.07) is 4.79. The van der Waals surface area contributed by atoms with E-state index in [1.807, 2.05) is 9.80 Å². The van der Waals surface area contributed by atoms with E-state index in [9.17, 15) is 22.8 Å². The van der Waals surface area contributed by atoms with E-state index in [4.69, 9.17) is 0 Å². The summed E-state index contributed by atoms with van der Waals surface area (Å²) >= 11 is 0. The Hall–Kier alpha value is -2.09. The van der Waals surface area contributed by atoms with Crippen molar-refractivity contribution in [2.75, 3.05) is 39.3 Å². The summed E-state index contributed by atoms with van der Waals surface area (Å²) in [5.41, 5.74) is -0.778. The van der Waals surface area contributed by atoms with Crippen LogP contribution in [0, 0.1) is 0 Å². The lowest BCUT2D eigenvalue weighted by atomic mass is 10.0. The third-order valence-corrected chi connectivity index (χ3v) is 5.58. The molecule has 2 aliphatic heterocycles. The number of hydrogen-bond donors (Lipinski definition) is 0. The predicted octanol–water partition coefficient (Wildman–Crippen LogP) is 2.86. The van der Waals surface area contributed by atoms with Crippen LogP contribution in [0.5, 0.6) is 0 Å². The average molecular weight is 397 g/mol. The summed E-state index contributed by atoms with van der Waals surface area (Å²) < 4.78 is 38.6. The van der Waals surface area contributed by atoms with Crippen molar-refractivity contribution in [1.82, 2.24) is 14.7 Å². The van der Waals surface area contributed by atoms with Gasteiger partial charge in [0, 0.05) is 44.3 Å². The fourth-order valence-corrected chi connectivity index (χ4v) is 3.87. The molecule has 2 fully saturated rings. The minimum absolute atomic E-state index is 0.0430. The third-order valence-electron chi connectivity index (χ3n) is 5.58. The molecular weight excluding hydrogens is 371 g/mol. The predicted molar refractivity (Wildman–Crippen MR) is 98.8 cm³/mol. The standard InChI is InChI=1S/C20H26F3N3O2/c1-15-5-2-3-8-26(15)18(27)14-24-9-11-25(12-10-24)19(28)16-6-4-7-17(13-16)20(21,22)23/h4,6-7,13,15H,2-3,5,8-12,14H2,1H3. The van der Waals surface area contributed by atoms with Crippen LogP contribution in [0.3, 0.4) is 0 Å². The molecule has 0 radical (unpaired) electrons. The second-order valence-electron chi connectivity index (χ2n) is 7.58. The first-order chi connectivity index (χ1) is 13.3. The van der Waals surface area contributed by atoms with Gasteiger partial charge in [0.15, 0.2) is 0 Å². The van der Waals surface area contributed by atoms with Crippen LogP contribution in [0.4, 0.5) is 13.2 Å². The van der Waals surface area contributed by atoms with Gasteiger partial charge >= 0.3 is 6.18 Å². The molecule has 8 heteroatoms. The number of nitrogens with zero attached hydrogens (tertiary/aromatic N) is 3. The molecule has 3 rings (SSSR count). The summed E-state index contributed by atoms with van der Waals surface area (Å²) in [5.74, 6) is -0.286. The number of halogens is 3. The summed E-state index contributed by atoms with van der Waals surface area (Å²) in [6.45, 7) is 5.08. The zero-order valence-corrected chi connectivity index (χ0v) is 16.0. The second-order valence-corrected chi connectivity index (χ2v) is 7.58. The van der Waals surface area contributed by atoms with Crippen molar-refractivity contribution in [2.24, 2.45) is 0 Å². The number of carbonyl (C=O) groups excluding carboxylic acids is 2. The normalized spacial score (nSPS) is 21.6. The number of likely N-dealkylation sites (tertiary alicyclic amines) is 1. The highest BCUT2D eigenvalue weighted by atomic mass is 19.4. The van der Waals surface area contributed by atoms with Crippen LogP contribution in [-0.2, 0) is 11.0 Å². The molecule has 0 aromatic heterocycles. The fourth-order valence-electron chi connectivity index (χ4n) is 3.87. The van der Waals surface area contributed by atoms with Crippen LogP contribution in [0.2, 0.25) is 0 Å². The topological polar surface area (TPSA) is 43.9 Å². The molecular formula is C20H26F3N3O2. The number of amides is 2. The SMILES string of the molecule is CC1CCCCN1C(=O)CN1CCN(C(=O)c2cccc(C(F)(F)F)c2)CC1. The van der Waals surface area contributed by atoms with Gasteiger partial charge in [-0.1, -0.05) is 6.07 Å². The summed E-state index contributed by atoms with van der Waals surface area (Å²) in [6.07, 6.45) is -1.25. The molecule has 0 aliphatic carbocycles. The molecule has 1 unspecified atom stereocenters. The Kier molecular flexibility index (Phi) is 6.27. The Bertz CT molecular complexity index is 715. The molecule has 154 valence electrons. The van der Waals surface area contributed by atoms with Crippen LogP contribution in [-0.4, -0.2) is 71.8 Å². The van der Waals surface area contributed by atoms with Crippen molar-refractivity contribution >= 4 is 11.8 Å². The molecule has 2 aliphatic rings. The highest BCUT2D eigenvalue weighted by molar-refractivity contribution is 5.94. The molecule has 2 saturated heterocycles. The first kappa shape index (κ1) is 20.6. The fraction of sp³-hybridized carbons (Fsp3) is 0.600. The Morgan fingerprint density at radius 3 is 2.43 bits per heavy atom. The maximum absolute atomic E-state index is 12.9. The van der Waals surface area contributed by atoms with E-state index in [0.717, 1.165) is 37.9 Å². The minimum Gasteiger partial charge on any atom is -0.339 e. The number of benzene rings is 1. The zero-order chi connectivity index (χ0) is 20.3. The van der Waals surface area contributed by atoms with E-state index >= 15 is 0 Å². The maximum atomic E-state index is 12.9. The summed E-state index contributed by atoms with van der Waals surface area (Å²) in [4.78, 5) is 30.6. The highest BCUT2D eigenvalue weighted by Crippen LogP contribution is 2.29. The van der Waals surface area contributed by atoms with E-state index < -0.39 is 17.6 Å². The minimum atomic E-state index is -4.47. The Balaban J connectivity index is 1.54. The molecule has 0 spiro atoms. The molecule has 0 saturated carbocycles. The largest absolute Gasteiger partial charge is 0.416 e. The lowest BCUT2D eigenvalue weighted by Gasteiger charge is -2.38. The zero-order valence-electron chi connectivity index (χ0n) is 16.0. The Morgan fingerprint density at radius 2 is 1.79 bits per heavy atom. The number of hydrogen-bond acceptors (Lipinski definition) is 3. The van der Waals surface area contributed by atoms with Gasteiger partial charge in [-0.15, -0.1) is 0 Å². The molecule has 0 N–H and O–H groups in total. The maximum Gasteiger partial charge on any atom is 0.416 e. The smallest absolute Gasteiger partial charge is 0.339 e. The van der Waals surface area contributed by atoms with Gasteiger partial charge in [0.2, 0.25) is 5.91 Å². The lowest BCUT2D eigenvalue weighted by Crippen LogP contribution is -2.53. The van der Waals surface area contributed by atoms with Crippen molar-refractivity contribution < 1.29 is 22.8 Å². The number of piperazine rings is 1. The van der Waals surface area contributed by atoms with Gasteiger partial charge in [0.05, 0.1) is 12.1 Å². The Morgan fingerprint density at radius 1 is 1.07 bits per heavy atom. The van der Waals surface area contributed by atoms with Gasteiger partial charge in [-0.05, 0) is 44.4 Å². The van der Waals surface area contributed by atoms with Crippen LogP contribution in [0.25, 0.3) is 0 Å². The summed E-state index contributed by atoms with van der Waals surface area (Å²) in [5, 5.41) is 0. The first-order valence-electron chi connectivity index (χ1n) is 9.74. The highest BCUT2D eigenvalue weighted by Gasteiger charge is 2.32. The van der Waals surface area contributed by atoms with E-state index in [-0.39, 0.29) is 17.5 Å². The third kappa shape index (κ3) is 4.84. The van der Waals surface area contributed by atoms with E-state index in [1.54, 1.807) is 4.90 Å². The van der Waals surface area contributed by atoms with Crippen molar-refractivity contribution in [3.05, 3.63) is 35.4 Å². The van der Waals surface area contributed by atoms with Gasteiger partial charge in [-0.25, -0.2) is 0 Å².